The summed E-state index contributed by atoms with van der Waals surface area (Å²) in [5.41, 5.74) is 1.23. The number of ether oxygens (including phenoxy) is 1. The quantitative estimate of drug-likeness (QED) is 0.690. The molecule has 1 aliphatic rings. The van der Waals surface area contributed by atoms with E-state index in [2.05, 4.69) is 0 Å². The Morgan fingerprint density at radius 2 is 1.76 bits per heavy atom. The number of hydrogen-bond acceptors (Lipinski definition) is 4. The number of amides is 1. The standard InChI is InChI=1S/C21H25ClN2O4S/c1-23(15-16-6-9-18(28-2)10-7-16)21(25)17-8-11-19(22)20(14-17)29(26,27)24-12-4-3-5-13-24/h6-11,14H,3-5,12-13,15H2,1-2H3. The second-order valence-electron chi connectivity index (χ2n) is 7.12. The van der Waals surface area contributed by atoms with Gasteiger partial charge in [-0.05, 0) is 48.7 Å². The van der Waals surface area contributed by atoms with Crippen molar-refractivity contribution in [3.63, 3.8) is 0 Å². The fourth-order valence-corrected chi connectivity index (χ4v) is 5.39. The maximum absolute atomic E-state index is 13.0. The summed E-state index contributed by atoms with van der Waals surface area (Å²) in [7, 11) is -0.446. The van der Waals surface area contributed by atoms with Crippen LogP contribution in [0.4, 0.5) is 0 Å². The van der Waals surface area contributed by atoms with Crippen LogP contribution in [0.3, 0.4) is 0 Å². The molecule has 0 bridgehead atoms. The average Bonchev–Trinajstić information content (AvgIpc) is 2.74. The summed E-state index contributed by atoms with van der Waals surface area (Å²) in [6, 6.07) is 11.9. The summed E-state index contributed by atoms with van der Waals surface area (Å²) < 4.78 is 32.6. The summed E-state index contributed by atoms with van der Waals surface area (Å²) in [5.74, 6) is 0.473. The van der Waals surface area contributed by atoms with Crippen LogP contribution < -0.4 is 4.74 Å². The highest BCUT2D eigenvalue weighted by atomic mass is 35.5. The molecule has 1 aliphatic heterocycles. The predicted octanol–water partition coefficient (Wildman–Crippen LogP) is 3.80. The van der Waals surface area contributed by atoms with Crippen LogP contribution in [0.2, 0.25) is 5.02 Å². The van der Waals surface area contributed by atoms with Crippen molar-refractivity contribution in [1.29, 1.82) is 0 Å². The molecule has 1 heterocycles. The molecule has 1 saturated heterocycles. The predicted molar refractivity (Wildman–Crippen MR) is 113 cm³/mol. The average molecular weight is 437 g/mol. The molecule has 0 N–H and O–H groups in total. The van der Waals surface area contributed by atoms with Crippen LogP contribution in [0.5, 0.6) is 5.75 Å². The molecule has 0 unspecified atom stereocenters. The Balaban J connectivity index is 1.81. The highest BCUT2D eigenvalue weighted by Gasteiger charge is 2.29. The van der Waals surface area contributed by atoms with Crippen molar-refractivity contribution in [3.05, 3.63) is 58.6 Å². The third-order valence-electron chi connectivity index (χ3n) is 5.04. The first-order valence-corrected chi connectivity index (χ1v) is 11.3. The molecular formula is C21H25ClN2O4S. The van der Waals surface area contributed by atoms with Crippen LogP contribution in [0.15, 0.2) is 47.4 Å². The number of nitrogens with zero attached hydrogens (tertiary/aromatic N) is 2. The third-order valence-corrected chi connectivity index (χ3v) is 7.42. The van der Waals surface area contributed by atoms with Crippen molar-refractivity contribution in [3.8, 4) is 5.75 Å². The SMILES string of the molecule is COc1ccc(CN(C)C(=O)c2ccc(Cl)c(S(=O)(=O)N3CCCCC3)c2)cc1. The van der Waals surface area contributed by atoms with E-state index in [0.717, 1.165) is 30.6 Å². The summed E-state index contributed by atoms with van der Waals surface area (Å²) in [6.45, 7) is 1.35. The van der Waals surface area contributed by atoms with Crippen molar-refractivity contribution in [2.75, 3.05) is 27.2 Å². The monoisotopic (exact) mass is 436 g/mol. The van der Waals surface area contributed by atoms with E-state index in [1.165, 1.54) is 16.4 Å². The number of benzene rings is 2. The van der Waals surface area contributed by atoms with Crippen LogP contribution in [0.25, 0.3) is 0 Å². The van der Waals surface area contributed by atoms with E-state index in [9.17, 15) is 13.2 Å². The number of hydrogen-bond donors (Lipinski definition) is 0. The number of carbonyl (C=O) groups is 1. The third kappa shape index (κ3) is 4.91. The fourth-order valence-electron chi connectivity index (χ4n) is 3.38. The molecule has 0 radical (unpaired) electrons. The number of sulfonamides is 1. The molecule has 29 heavy (non-hydrogen) atoms. The summed E-state index contributed by atoms with van der Waals surface area (Å²) in [5, 5.41) is 0.130. The van der Waals surface area contributed by atoms with Crippen LogP contribution >= 0.6 is 11.6 Å². The van der Waals surface area contributed by atoms with Gasteiger partial charge in [-0.25, -0.2) is 8.42 Å². The van der Waals surface area contributed by atoms with Gasteiger partial charge in [-0.1, -0.05) is 30.2 Å². The zero-order valence-corrected chi connectivity index (χ0v) is 18.2. The minimum absolute atomic E-state index is 0.00948. The van der Waals surface area contributed by atoms with Crippen molar-refractivity contribution < 1.29 is 17.9 Å². The molecule has 0 aliphatic carbocycles. The van der Waals surface area contributed by atoms with Gasteiger partial charge in [0.2, 0.25) is 10.0 Å². The summed E-state index contributed by atoms with van der Waals surface area (Å²) in [4.78, 5) is 14.4. The Kier molecular flexibility index (Phi) is 6.82. The molecule has 6 nitrogen and oxygen atoms in total. The van der Waals surface area contributed by atoms with Gasteiger partial charge in [0.1, 0.15) is 10.6 Å². The Bertz CT molecular complexity index is 971. The first-order valence-electron chi connectivity index (χ1n) is 9.51. The Morgan fingerprint density at radius 1 is 1.10 bits per heavy atom. The van der Waals surface area contributed by atoms with Crippen LogP contribution in [-0.2, 0) is 16.6 Å². The van der Waals surface area contributed by atoms with E-state index >= 15 is 0 Å². The molecule has 0 atom stereocenters. The van der Waals surface area contributed by atoms with E-state index in [1.807, 2.05) is 24.3 Å². The Hall–Kier alpha value is -2.09. The molecule has 3 rings (SSSR count). The van der Waals surface area contributed by atoms with E-state index in [1.54, 1.807) is 25.1 Å². The molecule has 0 spiro atoms. The molecule has 0 aromatic heterocycles. The molecule has 156 valence electrons. The molecule has 8 heteroatoms. The number of rotatable bonds is 6. The van der Waals surface area contributed by atoms with E-state index in [-0.39, 0.29) is 15.8 Å². The normalized spacial score (nSPS) is 15.1. The topological polar surface area (TPSA) is 66.9 Å². The molecule has 2 aromatic carbocycles. The maximum atomic E-state index is 13.0. The fraction of sp³-hybridized carbons (Fsp3) is 0.381. The lowest BCUT2D eigenvalue weighted by Crippen LogP contribution is -2.36. The lowest BCUT2D eigenvalue weighted by Gasteiger charge is -2.26. The van der Waals surface area contributed by atoms with Gasteiger partial charge in [0.25, 0.3) is 5.91 Å². The first kappa shape index (κ1) is 21.6. The largest absolute Gasteiger partial charge is 0.497 e. The molecule has 2 aromatic rings. The van der Waals surface area contributed by atoms with Gasteiger partial charge in [0.15, 0.2) is 0 Å². The highest BCUT2D eigenvalue weighted by Crippen LogP contribution is 2.28. The molecular weight excluding hydrogens is 412 g/mol. The maximum Gasteiger partial charge on any atom is 0.253 e. The molecule has 1 amide bonds. The first-order chi connectivity index (χ1) is 13.8. The number of piperidine rings is 1. The second kappa shape index (κ2) is 9.15. The van der Waals surface area contributed by atoms with Crippen molar-refractivity contribution in [2.24, 2.45) is 0 Å². The summed E-state index contributed by atoms with van der Waals surface area (Å²) in [6.07, 6.45) is 2.69. The second-order valence-corrected chi connectivity index (χ2v) is 9.43. The van der Waals surface area contributed by atoms with Crippen LogP contribution in [0.1, 0.15) is 35.2 Å². The zero-order valence-electron chi connectivity index (χ0n) is 16.6. The summed E-state index contributed by atoms with van der Waals surface area (Å²) >= 11 is 6.20. The van der Waals surface area contributed by atoms with Gasteiger partial charge in [0.05, 0.1) is 12.1 Å². The minimum Gasteiger partial charge on any atom is -0.497 e. The molecule has 0 saturated carbocycles. The van der Waals surface area contributed by atoms with Crippen molar-refractivity contribution in [1.82, 2.24) is 9.21 Å². The number of methoxy groups -OCH3 is 1. The lowest BCUT2D eigenvalue weighted by atomic mass is 10.1. The van der Waals surface area contributed by atoms with Crippen molar-refractivity contribution in [2.45, 2.75) is 30.7 Å². The Morgan fingerprint density at radius 3 is 2.38 bits per heavy atom. The van der Waals surface area contributed by atoms with E-state index in [4.69, 9.17) is 16.3 Å². The van der Waals surface area contributed by atoms with Gasteiger partial charge in [0, 0.05) is 32.2 Å². The smallest absolute Gasteiger partial charge is 0.253 e. The highest BCUT2D eigenvalue weighted by molar-refractivity contribution is 7.89. The van der Waals surface area contributed by atoms with Gasteiger partial charge >= 0.3 is 0 Å². The lowest BCUT2D eigenvalue weighted by molar-refractivity contribution is 0.0785. The van der Waals surface area contributed by atoms with Crippen molar-refractivity contribution >= 4 is 27.5 Å². The van der Waals surface area contributed by atoms with Gasteiger partial charge in [-0.2, -0.15) is 4.31 Å². The molecule has 1 fully saturated rings. The van der Waals surface area contributed by atoms with E-state index < -0.39 is 10.0 Å². The zero-order chi connectivity index (χ0) is 21.0. The number of halogens is 1. The van der Waals surface area contributed by atoms with Crippen LogP contribution in [0, 0.1) is 0 Å². The van der Waals surface area contributed by atoms with Gasteiger partial charge in [-0.15, -0.1) is 0 Å². The number of carbonyl (C=O) groups excluding carboxylic acids is 1. The van der Waals surface area contributed by atoms with Gasteiger partial charge < -0.3 is 9.64 Å². The van der Waals surface area contributed by atoms with Gasteiger partial charge in [-0.3, -0.25) is 4.79 Å². The minimum atomic E-state index is -3.72. The Labute approximate surface area is 177 Å². The van der Waals surface area contributed by atoms with Crippen LogP contribution in [-0.4, -0.2) is 50.8 Å². The van der Waals surface area contributed by atoms with E-state index in [0.29, 0.717) is 25.2 Å².